The summed E-state index contributed by atoms with van der Waals surface area (Å²) in [4.78, 5) is 33.3. The molecule has 3 heterocycles. The lowest BCUT2D eigenvalue weighted by Crippen LogP contribution is -2.34. The minimum absolute atomic E-state index is 0.0522. The number of aromatic amines is 1. The first-order chi connectivity index (χ1) is 15.5. The van der Waals surface area contributed by atoms with Crippen LogP contribution in [0.4, 0.5) is 0 Å². The van der Waals surface area contributed by atoms with Crippen LogP contribution in [0.2, 0.25) is 0 Å². The van der Waals surface area contributed by atoms with Crippen molar-refractivity contribution in [2.45, 2.75) is 44.4 Å². The summed E-state index contributed by atoms with van der Waals surface area (Å²) in [7, 11) is 0. The Bertz CT molecular complexity index is 1250. The van der Waals surface area contributed by atoms with Crippen molar-refractivity contribution >= 4 is 28.7 Å². The van der Waals surface area contributed by atoms with E-state index in [-0.39, 0.29) is 29.8 Å². The number of amides is 1. The molecule has 0 fully saturated rings. The number of nitrogens with zero attached hydrogens (tertiary/aromatic N) is 2. The average Bonchev–Trinajstić information content (AvgIpc) is 3.43. The number of aromatic nitrogens is 3. The van der Waals surface area contributed by atoms with Crippen molar-refractivity contribution in [3.05, 3.63) is 82.2 Å². The molecular formula is C24H26N4O3S. The number of furan rings is 1. The van der Waals surface area contributed by atoms with Crippen LogP contribution in [0, 0.1) is 6.92 Å². The highest BCUT2D eigenvalue weighted by atomic mass is 32.2. The van der Waals surface area contributed by atoms with Crippen LogP contribution < -0.4 is 10.9 Å². The molecule has 166 valence electrons. The molecule has 0 radical (unpaired) electrons. The Balaban J connectivity index is 1.43. The van der Waals surface area contributed by atoms with Crippen molar-refractivity contribution < 1.29 is 9.21 Å². The third-order valence-electron chi connectivity index (χ3n) is 5.18. The Morgan fingerprint density at radius 3 is 2.81 bits per heavy atom. The number of benzene rings is 1. The third-order valence-corrected chi connectivity index (χ3v) is 6.16. The zero-order chi connectivity index (χ0) is 22.5. The molecule has 2 N–H and O–H groups in total. The van der Waals surface area contributed by atoms with Crippen LogP contribution >= 0.6 is 11.8 Å². The minimum atomic E-state index is -0.182. The number of carbonyl (C=O) groups excluding carboxylic acids is 1. The number of hydrogen-bond donors (Lipinski definition) is 2. The van der Waals surface area contributed by atoms with Gasteiger partial charge in [-0.2, -0.15) is 0 Å². The summed E-state index contributed by atoms with van der Waals surface area (Å²) in [5, 5.41) is 3.53. The number of aryl methyl sites for hydroxylation is 2. The molecule has 4 aromatic rings. The Labute approximate surface area is 190 Å². The normalized spacial score (nSPS) is 12.2. The Morgan fingerprint density at radius 1 is 1.25 bits per heavy atom. The molecule has 1 aromatic carbocycles. The molecule has 3 aromatic heterocycles. The molecule has 0 spiro atoms. The lowest BCUT2D eigenvalue weighted by Gasteiger charge is -2.14. The molecule has 0 saturated heterocycles. The highest BCUT2D eigenvalue weighted by Crippen LogP contribution is 2.19. The van der Waals surface area contributed by atoms with Gasteiger partial charge in [-0.25, -0.2) is 4.98 Å². The van der Waals surface area contributed by atoms with Gasteiger partial charge in [0.1, 0.15) is 11.3 Å². The van der Waals surface area contributed by atoms with Gasteiger partial charge in [0.15, 0.2) is 5.16 Å². The van der Waals surface area contributed by atoms with Gasteiger partial charge in [-0.3, -0.25) is 14.2 Å². The van der Waals surface area contributed by atoms with E-state index in [1.807, 2.05) is 44.2 Å². The maximum Gasteiger partial charge on any atom is 0.278 e. The van der Waals surface area contributed by atoms with Crippen molar-refractivity contribution in [1.29, 1.82) is 0 Å². The average molecular weight is 451 g/mol. The maximum atomic E-state index is 13.1. The highest BCUT2D eigenvalue weighted by molar-refractivity contribution is 7.99. The number of hydrogen-bond acceptors (Lipinski definition) is 5. The zero-order valence-corrected chi connectivity index (χ0v) is 18.9. The molecule has 1 unspecified atom stereocenters. The van der Waals surface area contributed by atoms with Crippen molar-refractivity contribution in [3.8, 4) is 0 Å². The molecule has 4 rings (SSSR count). The molecule has 1 amide bonds. The van der Waals surface area contributed by atoms with Gasteiger partial charge in [-0.05, 0) is 50.5 Å². The second-order valence-corrected chi connectivity index (χ2v) is 8.80. The highest BCUT2D eigenvalue weighted by Gasteiger charge is 2.16. The van der Waals surface area contributed by atoms with Gasteiger partial charge < -0.3 is 14.7 Å². The summed E-state index contributed by atoms with van der Waals surface area (Å²) in [6.07, 6.45) is 3.34. The lowest BCUT2D eigenvalue weighted by atomic mass is 10.1. The first-order valence-electron chi connectivity index (χ1n) is 10.6. The van der Waals surface area contributed by atoms with E-state index in [1.54, 1.807) is 16.9 Å². The predicted molar refractivity (Wildman–Crippen MR) is 126 cm³/mol. The van der Waals surface area contributed by atoms with Gasteiger partial charge in [-0.15, -0.1) is 0 Å². The van der Waals surface area contributed by atoms with E-state index in [0.717, 1.165) is 18.5 Å². The summed E-state index contributed by atoms with van der Waals surface area (Å²) in [5.41, 5.74) is 2.99. The number of carbonyl (C=O) groups is 1. The smallest absolute Gasteiger partial charge is 0.278 e. The summed E-state index contributed by atoms with van der Waals surface area (Å²) >= 11 is 1.26. The van der Waals surface area contributed by atoms with Crippen LogP contribution in [-0.4, -0.2) is 32.2 Å². The summed E-state index contributed by atoms with van der Waals surface area (Å²) < 4.78 is 6.97. The molecule has 0 aliphatic carbocycles. The van der Waals surface area contributed by atoms with E-state index >= 15 is 0 Å². The molecule has 0 aliphatic rings. The van der Waals surface area contributed by atoms with Crippen molar-refractivity contribution in [3.63, 3.8) is 0 Å². The fourth-order valence-corrected chi connectivity index (χ4v) is 4.38. The van der Waals surface area contributed by atoms with Crippen molar-refractivity contribution in [1.82, 2.24) is 19.9 Å². The van der Waals surface area contributed by atoms with Gasteiger partial charge in [0, 0.05) is 11.7 Å². The molecule has 8 heteroatoms. The lowest BCUT2D eigenvalue weighted by molar-refractivity contribution is -0.119. The second kappa shape index (κ2) is 9.91. The number of nitrogens with one attached hydrogen (secondary N) is 2. The first kappa shape index (κ1) is 22.0. The molecule has 0 saturated carbocycles. The zero-order valence-electron chi connectivity index (χ0n) is 18.1. The SMILES string of the molecule is Cc1cc2nc(SCC(=O)NC(C)CCc3ccccc3)n(Cc3ccco3)c(=O)c2[nH]1. The van der Waals surface area contributed by atoms with Gasteiger partial charge in [-0.1, -0.05) is 42.1 Å². The van der Waals surface area contributed by atoms with Gasteiger partial charge in [0.2, 0.25) is 5.91 Å². The monoisotopic (exact) mass is 450 g/mol. The minimum Gasteiger partial charge on any atom is -0.467 e. The van der Waals surface area contributed by atoms with E-state index in [4.69, 9.17) is 4.42 Å². The predicted octanol–water partition coefficient (Wildman–Crippen LogP) is 3.90. The number of rotatable bonds is 9. The Morgan fingerprint density at radius 2 is 2.06 bits per heavy atom. The molecule has 32 heavy (non-hydrogen) atoms. The quantitative estimate of drug-likeness (QED) is 0.298. The summed E-state index contributed by atoms with van der Waals surface area (Å²) in [5.74, 6) is 0.743. The number of thioether (sulfide) groups is 1. The fraction of sp³-hybridized carbons (Fsp3) is 0.292. The second-order valence-electron chi connectivity index (χ2n) is 7.86. The number of fused-ring (bicyclic) bond motifs is 1. The molecular weight excluding hydrogens is 424 g/mol. The van der Waals surface area contributed by atoms with E-state index in [2.05, 4.69) is 27.4 Å². The largest absolute Gasteiger partial charge is 0.467 e. The van der Waals surface area contributed by atoms with Crippen molar-refractivity contribution in [2.75, 3.05) is 5.75 Å². The molecule has 1 atom stereocenters. The van der Waals surface area contributed by atoms with Crippen molar-refractivity contribution in [2.24, 2.45) is 0 Å². The van der Waals surface area contributed by atoms with Gasteiger partial charge in [0.05, 0.1) is 24.1 Å². The van der Waals surface area contributed by atoms with E-state index in [0.29, 0.717) is 22.0 Å². The van der Waals surface area contributed by atoms with Gasteiger partial charge >= 0.3 is 0 Å². The standard InChI is InChI=1S/C24H26N4O3S/c1-16(10-11-18-7-4-3-5-8-18)25-21(29)15-32-24-27-20-13-17(2)26-22(20)23(30)28(24)14-19-9-6-12-31-19/h3-9,12-13,16,26H,10-11,14-15H2,1-2H3,(H,25,29). The fourth-order valence-electron chi connectivity index (χ4n) is 3.57. The number of H-pyrrole nitrogens is 1. The van der Waals surface area contributed by atoms with Crippen LogP contribution in [0.25, 0.3) is 11.0 Å². The topological polar surface area (TPSA) is 92.9 Å². The summed E-state index contributed by atoms with van der Waals surface area (Å²) in [6.45, 7) is 4.14. The molecule has 0 aliphatic heterocycles. The maximum absolute atomic E-state index is 13.1. The van der Waals surface area contributed by atoms with Crippen LogP contribution in [0.15, 0.2) is 69.2 Å². The Hall–Kier alpha value is -3.26. The Kier molecular flexibility index (Phi) is 6.80. The van der Waals surface area contributed by atoms with Crippen LogP contribution in [0.5, 0.6) is 0 Å². The van der Waals surface area contributed by atoms with E-state index < -0.39 is 0 Å². The van der Waals surface area contributed by atoms with E-state index in [1.165, 1.54) is 17.3 Å². The van der Waals surface area contributed by atoms with Crippen LogP contribution in [0.3, 0.4) is 0 Å². The molecule has 7 nitrogen and oxygen atoms in total. The van der Waals surface area contributed by atoms with Crippen LogP contribution in [0.1, 0.15) is 30.4 Å². The molecule has 0 bridgehead atoms. The first-order valence-corrected chi connectivity index (χ1v) is 11.6. The van der Waals surface area contributed by atoms with Gasteiger partial charge in [0.25, 0.3) is 5.56 Å². The summed E-state index contributed by atoms with van der Waals surface area (Å²) in [6, 6.07) is 15.7. The van der Waals surface area contributed by atoms with Crippen LogP contribution in [-0.2, 0) is 17.8 Å². The third kappa shape index (κ3) is 5.31. The van der Waals surface area contributed by atoms with E-state index in [9.17, 15) is 9.59 Å².